The van der Waals surface area contributed by atoms with Crippen molar-refractivity contribution in [3.63, 3.8) is 0 Å². The third-order valence-corrected chi connectivity index (χ3v) is 3.86. The summed E-state index contributed by atoms with van der Waals surface area (Å²) in [5.41, 5.74) is -4.45. The largest absolute Gasteiger partial charge is 0.417 e. The van der Waals surface area contributed by atoms with E-state index in [0.29, 0.717) is 15.9 Å². The van der Waals surface area contributed by atoms with Gasteiger partial charge in [0.25, 0.3) is 5.91 Å². The van der Waals surface area contributed by atoms with Gasteiger partial charge in [0.2, 0.25) is 0 Å². The van der Waals surface area contributed by atoms with Crippen LogP contribution < -0.4 is 4.90 Å². The number of hydrogen-bond donors (Lipinski definition) is 0. The van der Waals surface area contributed by atoms with Gasteiger partial charge in [-0.2, -0.15) is 23.7 Å². The van der Waals surface area contributed by atoms with Crippen LogP contribution in [0.3, 0.4) is 0 Å². The van der Waals surface area contributed by atoms with Crippen LogP contribution in [-0.2, 0) is 11.0 Å². The first-order valence-corrected chi connectivity index (χ1v) is 6.82. The summed E-state index contributed by atoms with van der Waals surface area (Å²) in [4.78, 5) is 25.8. The fraction of sp³-hybridized carbons (Fsp3) is 0.333. The molecule has 0 saturated carbocycles. The number of alkyl halides is 4. The molecule has 1 aliphatic rings. The molecule has 0 spiro atoms. The van der Waals surface area contributed by atoms with Gasteiger partial charge in [0.1, 0.15) is 13.2 Å². The quantitative estimate of drug-likeness (QED) is 0.474. The maximum absolute atomic E-state index is 13.4. The number of benzene rings is 1. The van der Waals surface area contributed by atoms with Crippen LogP contribution in [0.5, 0.6) is 0 Å². The van der Waals surface area contributed by atoms with Gasteiger partial charge in [-0.25, -0.2) is 14.1 Å². The molecule has 10 heteroatoms. The molecule has 1 saturated heterocycles. The van der Waals surface area contributed by atoms with Crippen LogP contribution in [0.2, 0.25) is 0 Å². The van der Waals surface area contributed by atoms with Crippen molar-refractivity contribution >= 4 is 17.6 Å². The summed E-state index contributed by atoms with van der Waals surface area (Å²) in [5, 5.41) is 17.5. The topological polar surface area (TPSA) is 88.2 Å². The second-order valence-electron chi connectivity index (χ2n) is 5.41. The monoisotopic (exact) mass is 354 g/mol. The number of carbonyl (C=O) groups excluding carboxylic acids is 2. The smallest absolute Gasteiger partial charge is 0.293 e. The molecule has 130 valence electrons. The first kappa shape index (κ1) is 18.2. The lowest BCUT2D eigenvalue weighted by atomic mass is 10.0. The number of nitrogens with zero attached hydrogens (tertiary/aromatic N) is 4. The molecule has 1 aromatic rings. The molecule has 1 aliphatic heterocycles. The molecule has 1 atom stereocenters. The van der Waals surface area contributed by atoms with E-state index in [1.165, 1.54) is 6.07 Å². The van der Waals surface area contributed by atoms with Crippen LogP contribution in [0.25, 0.3) is 0 Å². The highest BCUT2D eigenvalue weighted by Gasteiger charge is 2.55. The zero-order valence-electron chi connectivity index (χ0n) is 12.8. The lowest BCUT2D eigenvalue weighted by Crippen LogP contribution is -2.49. The van der Waals surface area contributed by atoms with E-state index in [1.807, 2.05) is 0 Å². The molecule has 0 N–H and O–H groups in total. The van der Waals surface area contributed by atoms with E-state index < -0.39 is 53.7 Å². The fourth-order valence-corrected chi connectivity index (χ4v) is 2.45. The SMILES string of the molecule is CC1(CF)C(=O)N(c2ccc(C#N)c(C(F)(F)F)c2)C(=O)N1CC#N. The highest BCUT2D eigenvalue weighted by molar-refractivity contribution is 6.23. The van der Waals surface area contributed by atoms with Gasteiger partial charge < -0.3 is 0 Å². The van der Waals surface area contributed by atoms with Gasteiger partial charge in [0.15, 0.2) is 5.54 Å². The second kappa shape index (κ2) is 6.06. The van der Waals surface area contributed by atoms with Crippen molar-refractivity contribution in [3.8, 4) is 12.1 Å². The summed E-state index contributed by atoms with van der Waals surface area (Å²) in [5.74, 6) is -1.09. The Kier molecular flexibility index (Phi) is 4.41. The Morgan fingerprint density at radius 1 is 1.24 bits per heavy atom. The fourth-order valence-electron chi connectivity index (χ4n) is 2.45. The number of rotatable bonds is 3. The molecule has 1 aromatic carbocycles. The van der Waals surface area contributed by atoms with Crippen molar-refractivity contribution in [2.24, 2.45) is 0 Å². The van der Waals surface area contributed by atoms with Gasteiger partial charge >= 0.3 is 12.2 Å². The zero-order valence-corrected chi connectivity index (χ0v) is 12.8. The van der Waals surface area contributed by atoms with Crippen molar-refractivity contribution in [2.45, 2.75) is 18.6 Å². The first-order chi connectivity index (χ1) is 11.6. The molecule has 6 nitrogen and oxygen atoms in total. The molecule has 25 heavy (non-hydrogen) atoms. The number of amides is 3. The predicted molar refractivity (Wildman–Crippen MR) is 75.7 cm³/mol. The van der Waals surface area contributed by atoms with Gasteiger partial charge in [0.05, 0.1) is 29.0 Å². The number of hydrogen-bond acceptors (Lipinski definition) is 4. The third kappa shape index (κ3) is 2.76. The average molecular weight is 354 g/mol. The van der Waals surface area contributed by atoms with E-state index in [4.69, 9.17) is 10.5 Å². The maximum atomic E-state index is 13.4. The molecule has 0 bridgehead atoms. The number of halogens is 4. The van der Waals surface area contributed by atoms with Crippen LogP contribution >= 0.6 is 0 Å². The standard InChI is InChI=1S/C15H10F4N4O2/c1-14(8-16)12(24)23(13(25)22(14)5-4-20)10-3-2-9(7-21)11(6-10)15(17,18)19/h2-3,6H,5,8H2,1H3. The highest BCUT2D eigenvalue weighted by atomic mass is 19.4. The molecule has 1 fully saturated rings. The van der Waals surface area contributed by atoms with Crippen LogP contribution in [0.15, 0.2) is 18.2 Å². The Morgan fingerprint density at radius 3 is 2.36 bits per heavy atom. The molecular formula is C15H10F4N4O2. The number of carbonyl (C=O) groups is 2. The summed E-state index contributed by atoms with van der Waals surface area (Å²) >= 11 is 0. The zero-order chi connectivity index (χ0) is 19.0. The highest BCUT2D eigenvalue weighted by Crippen LogP contribution is 2.37. The summed E-state index contributed by atoms with van der Waals surface area (Å²) in [6.07, 6.45) is -4.89. The minimum atomic E-state index is -4.89. The van der Waals surface area contributed by atoms with Gasteiger partial charge in [-0.15, -0.1) is 0 Å². The van der Waals surface area contributed by atoms with E-state index in [9.17, 15) is 27.2 Å². The second-order valence-corrected chi connectivity index (χ2v) is 5.41. The van der Waals surface area contributed by atoms with Crippen LogP contribution in [-0.4, -0.2) is 35.6 Å². The van der Waals surface area contributed by atoms with Crippen molar-refractivity contribution in [1.82, 2.24) is 4.90 Å². The average Bonchev–Trinajstić information content (AvgIpc) is 2.75. The molecule has 0 aliphatic carbocycles. The third-order valence-electron chi connectivity index (χ3n) is 3.86. The van der Waals surface area contributed by atoms with E-state index in [1.54, 1.807) is 6.07 Å². The Labute approximate surface area is 139 Å². The van der Waals surface area contributed by atoms with Crippen molar-refractivity contribution < 1.29 is 27.2 Å². The van der Waals surface area contributed by atoms with Gasteiger partial charge in [-0.05, 0) is 25.1 Å². The lowest BCUT2D eigenvalue weighted by molar-refractivity contribution is -0.137. The summed E-state index contributed by atoms with van der Waals surface area (Å²) in [7, 11) is 0. The molecule has 0 aromatic heterocycles. The number of anilines is 1. The van der Waals surface area contributed by atoms with Crippen molar-refractivity contribution in [3.05, 3.63) is 29.3 Å². The van der Waals surface area contributed by atoms with Gasteiger partial charge in [0, 0.05) is 0 Å². The van der Waals surface area contributed by atoms with E-state index in [-0.39, 0.29) is 0 Å². The number of imide groups is 1. The van der Waals surface area contributed by atoms with Gasteiger partial charge in [-0.3, -0.25) is 9.69 Å². The summed E-state index contributed by atoms with van der Waals surface area (Å²) in [6.45, 7) is -0.832. The lowest BCUT2D eigenvalue weighted by Gasteiger charge is -2.26. The maximum Gasteiger partial charge on any atom is 0.417 e. The Morgan fingerprint density at radius 2 is 1.88 bits per heavy atom. The Balaban J connectivity index is 2.60. The van der Waals surface area contributed by atoms with E-state index in [2.05, 4.69) is 0 Å². The molecular weight excluding hydrogens is 344 g/mol. The van der Waals surface area contributed by atoms with Crippen LogP contribution in [0.4, 0.5) is 28.0 Å². The minimum absolute atomic E-state index is 0.382. The van der Waals surface area contributed by atoms with E-state index >= 15 is 0 Å². The normalized spacial score (nSPS) is 20.6. The Hall–Kier alpha value is -3.14. The number of nitriles is 2. The minimum Gasteiger partial charge on any atom is -0.293 e. The number of urea groups is 1. The van der Waals surface area contributed by atoms with Crippen molar-refractivity contribution in [1.29, 1.82) is 10.5 Å². The summed E-state index contributed by atoms with van der Waals surface area (Å²) in [6, 6.07) is 4.16. The molecule has 1 heterocycles. The molecule has 1 unspecified atom stereocenters. The molecule has 0 radical (unpaired) electrons. The van der Waals surface area contributed by atoms with Crippen LogP contribution in [0.1, 0.15) is 18.1 Å². The Bertz CT molecular complexity index is 824. The van der Waals surface area contributed by atoms with E-state index in [0.717, 1.165) is 19.1 Å². The summed E-state index contributed by atoms with van der Waals surface area (Å²) < 4.78 is 52.6. The van der Waals surface area contributed by atoms with Gasteiger partial charge in [-0.1, -0.05) is 0 Å². The van der Waals surface area contributed by atoms with Crippen molar-refractivity contribution in [2.75, 3.05) is 18.1 Å². The molecule has 2 rings (SSSR count). The predicted octanol–water partition coefficient (Wildman–Crippen LogP) is 2.60. The molecule has 3 amide bonds. The first-order valence-electron chi connectivity index (χ1n) is 6.82. The van der Waals surface area contributed by atoms with Crippen LogP contribution in [0, 0.1) is 22.7 Å².